The third-order valence-electron chi connectivity index (χ3n) is 4.78. The van der Waals surface area contributed by atoms with Gasteiger partial charge in [-0.1, -0.05) is 0 Å². The van der Waals surface area contributed by atoms with Crippen molar-refractivity contribution < 1.29 is 83.5 Å². The summed E-state index contributed by atoms with van der Waals surface area (Å²) in [7, 11) is -6.26. The highest BCUT2D eigenvalue weighted by atomic mass is 28.4. The lowest BCUT2D eigenvalue weighted by atomic mass is 9.88. The lowest BCUT2D eigenvalue weighted by Gasteiger charge is -2.46. The van der Waals surface area contributed by atoms with Crippen molar-refractivity contribution in [3.8, 4) is 0 Å². The predicted molar refractivity (Wildman–Crippen MR) is 94.2 cm³/mol. The van der Waals surface area contributed by atoms with Gasteiger partial charge in [0.1, 0.15) is 0 Å². The molecular formula is C17H21F17O2Si. The van der Waals surface area contributed by atoms with Gasteiger partial charge in [-0.3, -0.25) is 0 Å². The first-order valence-corrected chi connectivity index (χ1v) is 12.1. The van der Waals surface area contributed by atoms with Crippen LogP contribution in [0.2, 0.25) is 6.55 Å². The molecule has 0 saturated heterocycles. The maximum Gasteiger partial charge on any atom is 0.419 e. The van der Waals surface area contributed by atoms with Gasteiger partial charge < -0.3 is 8.85 Å². The Labute approximate surface area is 199 Å². The molecule has 0 fully saturated rings. The molecule has 224 valence electrons. The smallest absolute Gasteiger partial charge is 0.388 e. The van der Waals surface area contributed by atoms with E-state index in [1.807, 2.05) is 0 Å². The molecule has 0 aliphatic heterocycles. The summed E-state index contributed by atoms with van der Waals surface area (Å²) in [6.45, 7) is 2.59. The van der Waals surface area contributed by atoms with Crippen LogP contribution in [0.1, 0.15) is 34.6 Å². The average molecular weight is 608 g/mol. The molecule has 37 heavy (non-hydrogen) atoms. The topological polar surface area (TPSA) is 18.5 Å². The van der Waals surface area contributed by atoms with E-state index in [2.05, 4.69) is 8.85 Å². The van der Waals surface area contributed by atoms with Crippen LogP contribution in [0, 0.1) is 0 Å². The minimum Gasteiger partial charge on any atom is -0.388 e. The average Bonchev–Trinajstić information content (AvgIpc) is 2.65. The van der Waals surface area contributed by atoms with Crippen LogP contribution in [-0.2, 0) is 8.85 Å². The maximum atomic E-state index is 14.7. The largest absolute Gasteiger partial charge is 0.419 e. The van der Waals surface area contributed by atoms with E-state index in [9.17, 15) is 74.6 Å². The third kappa shape index (κ3) is 5.02. The molecule has 0 spiro atoms. The molecule has 0 amide bonds. The second-order valence-corrected chi connectivity index (χ2v) is 11.5. The van der Waals surface area contributed by atoms with E-state index in [0.29, 0.717) is 0 Å². The number of hydrogen-bond donors (Lipinski definition) is 0. The van der Waals surface area contributed by atoms with Gasteiger partial charge in [0.05, 0.1) is 0 Å². The Morgan fingerprint density at radius 3 is 0.946 bits per heavy atom. The Morgan fingerprint density at radius 1 is 0.459 bits per heavy atom. The Hall–Kier alpha value is -1.05. The van der Waals surface area contributed by atoms with Crippen molar-refractivity contribution in [1.29, 1.82) is 0 Å². The van der Waals surface area contributed by atoms with E-state index >= 15 is 0 Å². The van der Waals surface area contributed by atoms with Crippen LogP contribution in [0.5, 0.6) is 0 Å². The zero-order valence-electron chi connectivity index (χ0n) is 19.5. The molecule has 0 bridgehead atoms. The van der Waals surface area contributed by atoms with Gasteiger partial charge in [0.25, 0.3) is 0 Å². The SMILES string of the molecule is CC(C)O[Si](C)(OC(C)C)C(F)(F)C(F)(F)C(F)(F)C(F)(F)C(F)(F)C(F)(F)C(F)(F)C(F)(F)C(C)F. The van der Waals surface area contributed by atoms with Gasteiger partial charge >= 0.3 is 55.6 Å². The molecule has 0 aromatic carbocycles. The second-order valence-electron chi connectivity index (χ2n) is 8.54. The molecule has 20 heteroatoms. The molecule has 1 unspecified atom stereocenters. The van der Waals surface area contributed by atoms with Crippen molar-refractivity contribution >= 4 is 8.56 Å². The summed E-state index contributed by atoms with van der Waals surface area (Å²) in [6, 6.07) is 0. The number of alkyl halides is 17. The fraction of sp³-hybridized carbons (Fsp3) is 1.00. The van der Waals surface area contributed by atoms with E-state index in [1.165, 1.54) is 0 Å². The Balaban J connectivity index is 7.13. The van der Waals surface area contributed by atoms with Gasteiger partial charge in [-0.15, -0.1) is 0 Å². The molecule has 1 atom stereocenters. The highest BCUT2D eigenvalue weighted by molar-refractivity contribution is 6.69. The highest BCUT2D eigenvalue weighted by Crippen LogP contribution is 2.65. The summed E-state index contributed by atoms with van der Waals surface area (Å²) in [4.78, 5) is 0. The van der Waals surface area contributed by atoms with Crippen LogP contribution >= 0.6 is 0 Å². The van der Waals surface area contributed by atoms with E-state index in [-0.39, 0.29) is 6.55 Å². The first-order chi connectivity index (χ1) is 15.8. The summed E-state index contributed by atoms with van der Waals surface area (Å²) in [5.74, 6) is -56.7. The monoisotopic (exact) mass is 608 g/mol. The third-order valence-corrected chi connectivity index (χ3v) is 8.07. The molecule has 0 radical (unpaired) electrons. The van der Waals surface area contributed by atoms with E-state index < -0.39 is 80.9 Å². The first-order valence-electron chi connectivity index (χ1n) is 9.80. The van der Waals surface area contributed by atoms with Gasteiger partial charge in [-0.05, 0) is 41.2 Å². The van der Waals surface area contributed by atoms with Gasteiger partial charge in [-0.25, -0.2) is 4.39 Å². The fourth-order valence-corrected chi connectivity index (χ4v) is 5.68. The van der Waals surface area contributed by atoms with E-state index in [1.54, 1.807) is 0 Å². The fourth-order valence-electron chi connectivity index (χ4n) is 2.81. The highest BCUT2D eigenvalue weighted by Gasteiger charge is 2.96. The van der Waals surface area contributed by atoms with E-state index in [0.717, 1.165) is 27.7 Å². The summed E-state index contributed by atoms with van der Waals surface area (Å²) < 4.78 is 244. The number of rotatable bonds is 13. The summed E-state index contributed by atoms with van der Waals surface area (Å²) in [5.41, 5.74) is -6.69. The maximum absolute atomic E-state index is 14.7. The van der Waals surface area contributed by atoms with Gasteiger partial charge in [0.15, 0.2) is 6.17 Å². The van der Waals surface area contributed by atoms with Crippen molar-refractivity contribution in [2.75, 3.05) is 0 Å². The van der Waals surface area contributed by atoms with E-state index in [4.69, 9.17) is 0 Å². The second kappa shape index (κ2) is 9.85. The molecule has 0 aromatic rings. The van der Waals surface area contributed by atoms with Crippen molar-refractivity contribution in [3.05, 3.63) is 0 Å². The normalized spacial score (nSPS) is 17.1. The molecule has 0 aliphatic carbocycles. The number of halogens is 17. The predicted octanol–water partition coefficient (Wildman–Crippen LogP) is 7.89. The molecule has 0 rings (SSSR count). The minimum atomic E-state index is -8.61. The van der Waals surface area contributed by atoms with Crippen LogP contribution < -0.4 is 0 Å². The zero-order valence-corrected chi connectivity index (χ0v) is 20.5. The lowest BCUT2D eigenvalue weighted by molar-refractivity contribution is -0.452. The van der Waals surface area contributed by atoms with Crippen LogP contribution in [0.4, 0.5) is 74.6 Å². The molecule has 0 N–H and O–H groups in total. The molecule has 2 nitrogen and oxygen atoms in total. The van der Waals surface area contributed by atoms with Gasteiger partial charge in [0, 0.05) is 12.2 Å². The minimum absolute atomic E-state index is 0.0980. The lowest BCUT2D eigenvalue weighted by Crippen LogP contribution is -2.78. The molecule has 0 aromatic heterocycles. The van der Waals surface area contributed by atoms with Crippen molar-refractivity contribution in [3.63, 3.8) is 0 Å². The van der Waals surface area contributed by atoms with Crippen molar-refractivity contribution in [2.24, 2.45) is 0 Å². The van der Waals surface area contributed by atoms with Crippen LogP contribution in [0.25, 0.3) is 0 Å². The van der Waals surface area contributed by atoms with Gasteiger partial charge in [-0.2, -0.15) is 70.2 Å². The van der Waals surface area contributed by atoms with Crippen molar-refractivity contribution in [1.82, 2.24) is 0 Å². The molecule has 0 aliphatic rings. The van der Waals surface area contributed by atoms with Crippen LogP contribution in [0.15, 0.2) is 0 Å². The Kier molecular flexibility index (Phi) is 9.57. The standard InChI is InChI=1S/C17H21F17O2Si/c1-7(2)35-37(6,36-8(3)4)17(33,34)16(31,32)15(29,30)14(27,28)13(25,26)12(23,24)11(21,22)10(19,20)9(5)18/h7-9H,1-6H3. The molecule has 0 heterocycles. The Morgan fingerprint density at radius 2 is 0.703 bits per heavy atom. The molecule has 0 saturated carbocycles. The summed E-state index contributed by atoms with van der Waals surface area (Å²) in [6.07, 6.45) is -7.70. The summed E-state index contributed by atoms with van der Waals surface area (Å²) in [5, 5.41) is 0. The van der Waals surface area contributed by atoms with Crippen LogP contribution in [-0.4, -0.2) is 73.9 Å². The number of hydrogen-bond acceptors (Lipinski definition) is 2. The van der Waals surface area contributed by atoms with Gasteiger partial charge in [0.2, 0.25) is 0 Å². The summed E-state index contributed by atoms with van der Waals surface area (Å²) >= 11 is 0. The molecular weight excluding hydrogens is 587 g/mol. The Bertz CT molecular complexity index is 785. The quantitative estimate of drug-likeness (QED) is 0.157. The zero-order chi connectivity index (χ0) is 30.6. The van der Waals surface area contributed by atoms with Crippen molar-refractivity contribution in [2.45, 2.75) is 107 Å². The van der Waals surface area contributed by atoms with Crippen LogP contribution in [0.3, 0.4) is 0 Å². The first kappa shape index (κ1) is 35.9.